The first-order valence-corrected chi connectivity index (χ1v) is 8.95. The van der Waals surface area contributed by atoms with Crippen LogP contribution < -0.4 is 10.2 Å². The van der Waals surface area contributed by atoms with Crippen molar-refractivity contribution in [3.8, 4) is 0 Å². The fourth-order valence-electron chi connectivity index (χ4n) is 3.18. The molecule has 1 aliphatic rings. The number of nitrogens with zero attached hydrogens (tertiary/aromatic N) is 3. The summed E-state index contributed by atoms with van der Waals surface area (Å²) in [5.74, 6) is -0.255. The molecule has 0 aliphatic carbocycles. The van der Waals surface area contributed by atoms with E-state index < -0.39 is 0 Å². The molecule has 0 radical (unpaired) electrons. The highest BCUT2D eigenvalue weighted by molar-refractivity contribution is 6.30. The van der Waals surface area contributed by atoms with Gasteiger partial charge in [-0.05, 0) is 30.3 Å². The molecule has 3 amide bonds. The van der Waals surface area contributed by atoms with Gasteiger partial charge in [0, 0.05) is 35.4 Å². The number of para-hydroxylation sites is 1. The lowest BCUT2D eigenvalue weighted by Crippen LogP contribution is -2.37. The summed E-state index contributed by atoms with van der Waals surface area (Å²) in [5, 5.41) is 4.37. The van der Waals surface area contributed by atoms with Crippen LogP contribution in [0, 0.1) is 0 Å². The summed E-state index contributed by atoms with van der Waals surface area (Å²) in [7, 11) is 0. The van der Waals surface area contributed by atoms with Gasteiger partial charge >= 0.3 is 6.03 Å². The maximum absolute atomic E-state index is 12.6. The number of aromatic nitrogens is 1. The second kappa shape index (κ2) is 7.25. The fraction of sp³-hybridized carbons (Fsp3) is 0.150. The minimum Gasteiger partial charge on any atom is -0.323 e. The molecule has 0 bridgehead atoms. The highest BCUT2D eigenvalue weighted by atomic mass is 35.5. The Hall–Kier alpha value is -3.12. The van der Waals surface area contributed by atoms with E-state index >= 15 is 0 Å². The zero-order chi connectivity index (χ0) is 18.8. The first kappa shape index (κ1) is 17.3. The summed E-state index contributed by atoms with van der Waals surface area (Å²) in [4.78, 5) is 32.6. The Labute approximate surface area is 161 Å². The molecule has 4 rings (SSSR count). The van der Waals surface area contributed by atoms with E-state index in [9.17, 15) is 9.59 Å². The fourth-order valence-corrected chi connectivity index (χ4v) is 3.37. The van der Waals surface area contributed by atoms with Crippen molar-refractivity contribution in [3.05, 3.63) is 65.8 Å². The van der Waals surface area contributed by atoms with Gasteiger partial charge in [-0.1, -0.05) is 35.9 Å². The number of amides is 3. The molecule has 3 aromatic rings. The number of halogens is 1. The second-order valence-electron chi connectivity index (χ2n) is 6.26. The molecule has 7 heteroatoms. The van der Waals surface area contributed by atoms with Gasteiger partial charge in [-0.15, -0.1) is 0 Å². The average molecular weight is 381 g/mol. The van der Waals surface area contributed by atoms with Gasteiger partial charge in [0.25, 0.3) is 0 Å². The number of carbonyl (C=O) groups excluding carboxylic acids is 2. The molecule has 1 fully saturated rings. The second-order valence-corrected chi connectivity index (χ2v) is 6.70. The van der Waals surface area contributed by atoms with Crippen molar-refractivity contribution in [2.45, 2.75) is 0 Å². The molecule has 6 nitrogen and oxygen atoms in total. The highest BCUT2D eigenvalue weighted by Crippen LogP contribution is 2.24. The number of anilines is 2. The topological polar surface area (TPSA) is 65.5 Å². The van der Waals surface area contributed by atoms with E-state index in [4.69, 9.17) is 11.6 Å². The van der Waals surface area contributed by atoms with Gasteiger partial charge < -0.3 is 10.2 Å². The third kappa shape index (κ3) is 3.57. The predicted octanol–water partition coefficient (Wildman–Crippen LogP) is 3.77. The molecule has 27 heavy (non-hydrogen) atoms. The Morgan fingerprint density at radius 2 is 1.93 bits per heavy atom. The highest BCUT2D eigenvalue weighted by Gasteiger charge is 2.31. The normalized spacial score (nSPS) is 14.0. The summed E-state index contributed by atoms with van der Waals surface area (Å²) < 4.78 is 0. The molecule has 1 aliphatic heterocycles. The van der Waals surface area contributed by atoms with Crippen LogP contribution >= 0.6 is 11.6 Å². The summed E-state index contributed by atoms with van der Waals surface area (Å²) in [6.45, 7) is 0.980. The van der Waals surface area contributed by atoms with Crippen molar-refractivity contribution in [3.63, 3.8) is 0 Å². The molecule has 0 atom stereocenters. The Balaban J connectivity index is 1.45. The van der Waals surface area contributed by atoms with Crippen LogP contribution in [0.1, 0.15) is 0 Å². The average Bonchev–Trinajstić information content (AvgIpc) is 3.02. The minimum absolute atomic E-state index is 0.0148. The molecule has 0 saturated carbocycles. The zero-order valence-electron chi connectivity index (χ0n) is 14.4. The molecule has 0 unspecified atom stereocenters. The summed E-state index contributed by atoms with van der Waals surface area (Å²) in [6, 6.07) is 16.3. The maximum Gasteiger partial charge on any atom is 0.325 e. The van der Waals surface area contributed by atoms with Crippen molar-refractivity contribution < 1.29 is 9.59 Å². The molecule has 1 aromatic heterocycles. The monoisotopic (exact) mass is 380 g/mol. The number of urea groups is 1. The Kier molecular flexibility index (Phi) is 4.64. The van der Waals surface area contributed by atoms with Crippen LogP contribution in [0.25, 0.3) is 10.9 Å². The lowest BCUT2D eigenvalue weighted by atomic mass is 10.2. The van der Waals surface area contributed by atoms with Gasteiger partial charge in [-0.3, -0.25) is 14.7 Å². The van der Waals surface area contributed by atoms with E-state index in [1.165, 1.54) is 4.90 Å². The Morgan fingerprint density at radius 3 is 2.78 bits per heavy atom. The molecule has 1 N–H and O–H groups in total. The largest absolute Gasteiger partial charge is 0.325 e. The quantitative estimate of drug-likeness (QED) is 0.749. The van der Waals surface area contributed by atoms with Gasteiger partial charge in [0.15, 0.2) is 0 Å². The first-order chi connectivity index (χ1) is 13.1. The number of fused-ring (bicyclic) bond motifs is 1. The van der Waals surface area contributed by atoms with Gasteiger partial charge in [0.05, 0.1) is 11.2 Å². The number of rotatable bonds is 4. The van der Waals surface area contributed by atoms with Crippen molar-refractivity contribution in [1.82, 2.24) is 9.88 Å². The van der Waals surface area contributed by atoms with Crippen LogP contribution in [-0.2, 0) is 4.79 Å². The van der Waals surface area contributed by atoms with E-state index in [1.54, 1.807) is 35.4 Å². The first-order valence-electron chi connectivity index (χ1n) is 8.57. The number of hydrogen-bond donors (Lipinski definition) is 1. The third-order valence-electron chi connectivity index (χ3n) is 4.46. The van der Waals surface area contributed by atoms with Gasteiger partial charge in [0.1, 0.15) is 6.54 Å². The summed E-state index contributed by atoms with van der Waals surface area (Å²) in [6.07, 6.45) is 1.69. The molecule has 1 saturated heterocycles. The predicted molar refractivity (Wildman–Crippen MR) is 106 cm³/mol. The van der Waals surface area contributed by atoms with Crippen LogP contribution in [0.5, 0.6) is 0 Å². The third-order valence-corrected chi connectivity index (χ3v) is 4.69. The van der Waals surface area contributed by atoms with E-state index in [1.807, 2.05) is 30.3 Å². The number of nitrogens with one attached hydrogen (secondary N) is 1. The molecular weight excluding hydrogens is 364 g/mol. The molecular formula is C20H17ClN4O2. The van der Waals surface area contributed by atoms with Gasteiger partial charge in [-0.2, -0.15) is 0 Å². The van der Waals surface area contributed by atoms with E-state index in [0.29, 0.717) is 23.8 Å². The van der Waals surface area contributed by atoms with Crippen molar-refractivity contribution in [2.75, 3.05) is 29.9 Å². The number of hydrogen-bond acceptors (Lipinski definition) is 3. The molecule has 2 aromatic carbocycles. The number of benzene rings is 2. The summed E-state index contributed by atoms with van der Waals surface area (Å²) >= 11 is 6.01. The van der Waals surface area contributed by atoms with Crippen LogP contribution in [-0.4, -0.2) is 41.5 Å². The van der Waals surface area contributed by atoms with Crippen molar-refractivity contribution in [2.24, 2.45) is 0 Å². The minimum atomic E-state index is -0.255. The lowest BCUT2D eigenvalue weighted by molar-refractivity contribution is -0.116. The Bertz CT molecular complexity index is 1020. The summed E-state index contributed by atoms with van der Waals surface area (Å²) in [5.41, 5.74) is 2.09. The standard InChI is InChI=1S/C20H17ClN4O2/c21-15-6-2-7-16(12-15)25-11-10-24(20(25)27)13-18(26)23-17-8-1-4-14-5-3-9-22-19(14)17/h1-9,12H,10-11,13H2,(H,23,26). The molecule has 0 spiro atoms. The van der Waals surface area contributed by atoms with Crippen LogP contribution in [0.4, 0.5) is 16.2 Å². The lowest BCUT2D eigenvalue weighted by Gasteiger charge is -2.18. The number of carbonyl (C=O) groups is 2. The molecule has 136 valence electrons. The van der Waals surface area contributed by atoms with Crippen molar-refractivity contribution >= 4 is 45.8 Å². The Morgan fingerprint density at radius 1 is 1.11 bits per heavy atom. The van der Waals surface area contributed by atoms with Crippen LogP contribution in [0.3, 0.4) is 0 Å². The zero-order valence-corrected chi connectivity index (χ0v) is 15.2. The SMILES string of the molecule is O=C(CN1CCN(c2cccc(Cl)c2)C1=O)Nc1cccc2cccnc12. The maximum atomic E-state index is 12.6. The van der Waals surface area contributed by atoms with Gasteiger partial charge in [0.2, 0.25) is 5.91 Å². The number of pyridine rings is 1. The van der Waals surface area contributed by atoms with E-state index in [0.717, 1.165) is 16.6 Å². The van der Waals surface area contributed by atoms with Gasteiger partial charge in [-0.25, -0.2) is 4.79 Å². The smallest absolute Gasteiger partial charge is 0.323 e. The van der Waals surface area contributed by atoms with E-state index in [-0.39, 0.29) is 18.5 Å². The van der Waals surface area contributed by atoms with Crippen molar-refractivity contribution in [1.29, 1.82) is 0 Å². The molecule has 2 heterocycles. The van der Waals surface area contributed by atoms with Crippen LogP contribution in [0.15, 0.2) is 60.8 Å². The van der Waals surface area contributed by atoms with Crippen LogP contribution in [0.2, 0.25) is 5.02 Å². The van der Waals surface area contributed by atoms with E-state index in [2.05, 4.69) is 10.3 Å².